The van der Waals surface area contributed by atoms with Gasteiger partial charge in [0.05, 0.1) is 5.60 Å². The predicted molar refractivity (Wildman–Crippen MR) is 79.3 cm³/mol. The molecule has 1 saturated carbocycles. The van der Waals surface area contributed by atoms with Crippen molar-refractivity contribution in [3.05, 3.63) is 48.0 Å². The van der Waals surface area contributed by atoms with Crippen LogP contribution in [0.4, 0.5) is 0 Å². The molecule has 1 atom stereocenters. The number of fused-ring (bicyclic) bond motifs is 1. The van der Waals surface area contributed by atoms with Crippen molar-refractivity contribution in [3.8, 4) is 0 Å². The highest BCUT2D eigenvalue weighted by molar-refractivity contribution is 5.85. The number of benzene rings is 2. The van der Waals surface area contributed by atoms with E-state index in [-0.39, 0.29) is 0 Å². The van der Waals surface area contributed by atoms with E-state index in [1.807, 2.05) is 6.92 Å². The quantitative estimate of drug-likeness (QED) is 0.861. The van der Waals surface area contributed by atoms with Gasteiger partial charge in [-0.2, -0.15) is 0 Å². The second-order valence-corrected chi connectivity index (χ2v) is 5.97. The third-order valence-corrected chi connectivity index (χ3v) is 3.80. The molecule has 19 heavy (non-hydrogen) atoms. The lowest BCUT2D eigenvalue weighted by atomic mass is 9.92. The van der Waals surface area contributed by atoms with E-state index in [2.05, 4.69) is 47.8 Å². The molecular formula is C17H21NO. The molecule has 0 spiro atoms. The largest absolute Gasteiger partial charge is 0.389 e. The molecule has 0 aliphatic heterocycles. The van der Waals surface area contributed by atoms with Crippen LogP contribution in [-0.2, 0) is 6.42 Å². The summed E-state index contributed by atoms with van der Waals surface area (Å²) in [6.45, 7) is 2.59. The Morgan fingerprint density at radius 2 is 1.89 bits per heavy atom. The summed E-state index contributed by atoms with van der Waals surface area (Å²) >= 11 is 0. The third kappa shape index (κ3) is 3.14. The first kappa shape index (κ1) is 12.6. The van der Waals surface area contributed by atoms with Gasteiger partial charge >= 0.3 is 0 Å². The molecule has 2 aromatic rings. The van der Waals surface area contributed by atoms with Crippen LogP contribution in [0.2, 0.25) is 0 Å². The fraction of sp³-hybridized carbons (Fsp3) is 0.412. The Kier molecular flexibility index (Phi) is 3.29. The minimum Gasteiger partial charge on any atom is -0.389 e. The first-order valence-electron chi connectivity index (χ1n) is 7.06. The van der Waals surface area contributed by atoms with Gasteiger partial charge in [0.1, 0.15) is 0 Å². The summed E-state index contributed by atoms with van der Waals surface area (Å²) in [6, 6.07) is 15.3. The zero-order valence-electron chi connectivity index (χ0n) is 11.4. The number of nitrogens with one attached hydrogen (secondary N) is 1. The number of hydrogen-bond donors (Lipinski definition) is 2. The molecule has 100 valence electrons. The van der Waals surface area contributed by atoms with Gasteiger partial charge in [0.2, 0.25) is 0 Å². The molecular weight excluding hydrogens is 234 g/mol. The molecule has 0 bridgehead atoms. The van der Waals surface area contributed by atoms with Gasteiger partial charge in [0, 0.05) is 19.0 Å². The van der Waals surface area contributed by atoms with Gasteiger partial charge in [0.25, 0.3) is 0 Å². The summed E-state index contributed by atoms with van der Waals surface area (Å²) in [4.78, 5) is 0. The zero-order chi connectivity index (χ0) is 13.3. The van der Waals surface area contributed by atoms with Crippen LogP contribution in [0, 0.1) is 0 Å². The lowest BCUT2D eigenvalue weighted by Crippen LogP contribution is -2.40. The zero-order valence-corrected chi connectivity index (χ0v) is 11.4. The van der Waals surface area contributed by atoms with Crippen LogP contribution in [0.5, 0.6) is 0 Å². The Bertz CT molecular complexity index is 567. The van der Waals surface area contributed by atoms with Crippen LogP contribution >= 0.6 is 0 Å². The lowest BCUT2D eigenvalue weighted by Gasteiger charge is -2.24. The molecule has 1 fully saturated rings. The van der Waals surface area contributed by atoms with Gasteiger partial charge in [0.15, 0.2) is 0 Å². The van der Waals surface area contributed by atoms with Gasteiger partial charge in [-0.25, -0.2) is 0 Å². The maximum atomic E-state index is 10.5. The van der Waals surface area contributed by atoms with Gasteiger partial charge in [-0.05, 0) is 36.1 Å². The van der Waals surface area contributed by atoms with Crippen LogP contribution in [0.15, 0.2) is 42.5 Å². The lowest BCUT2D eigenvalue weighted by molar-refractivity contribution is 0.0601. The standard InChI is InChI=1S/C17H21NO/c1-17(19,12-18-15-9-10-15)11-14-7-4-6-13-5-2-3-8-16(13)14/h2-8,15,18-19H,9-12H2,1H3. The fourth-order valence-corrected chi connectivity index (χ4v) is 2.57. The van der Waals surface area contributed by atoms with Crippen molar-refractivity contribution >= 4 is 10.8 Å². The Hall–Kier alpha value is -1.38. The fourth-order valence-electron chi connectivity index (χ4n) is 2.57. The minimum absolute atomic E-state index is 0.638. The Balaban J connectivity index is 1.79. The highest BCUT2D eigenvalue weighted by atomic mass is 16.3. The summed E-state index contributed by atoms with van der Waals surface area (Å²) in [5, 5.41) is 16.4. The first-order valence-corrected chi connectivity index (χ1v) is 7.06. The summed E-state index contributed by atoms with van der Waals surface area (Å²) < 4.78 is 0. The topological polar surface area (TPSA) is 32.3 Å². The van der Waals surface area contributed by atoms with Crippen LogP contribution < -0.4 is 5.32 Å². The SMILES string of the molecule is CC(O)(CNC1CC1)Cc1cccc2ccccc12. The molecule has 0 aromatic heterocycles. The molecule has 1 aliphatic rings. The second-order valence-electron chi connectivity index (χ2n) is 5.97. The number of hydrogen-bond acceptors (Lipinski definition) is 2. The third-order valence-electron chi connectivity index (χ3n) is 3.80. The number of aliphatic hydroxyl groups is 1. The summed E-state index contributed by atoms with van der Waals surface area (Å²) in [7, 11) is 0. The molecule has 2 aromatic carbocycles. The first-order chi connectivity index (χ1) is 9.14. The molecule has 1 aliphatic carbocycles. The normalized spacial score (nSPS) is 18.4. The molecule has 1 unspecified atom stereocenters. The van der Waals surface area contributed by atoms with Crippen LogP contribution in [-0.4, -0.2) is 23.3 Å². The van der Waals surface area contributed by atoms with Gasteiger partial charge in [-0.15, -0.1) is 0 Å². The molecule has 0 heterocycles. The predicted octanol–water partition coefficient (Wildman–Crippen LogP) is 2.89. The van der Waals surface area contributed by atoms with Crippen molar-refractivity contribution in [3.63, 3.8) is 0 Å². The van der Waals surface area contributed by atoms with E-state index < -0.39 is 5.60 Å². The van der Waals surface area contributed by atoms with E-state index in [0.717, 1.165) is 0 Å². The van der Waals surface area contributed by atoms with E-state index in [4.69, 9.17) is 0 Å². The Morgan fingerprint density at radius 1 is 1.16 bits per heavy atom. The Morgan fingerprint density at radius 3 is 2.68 bits per heavy atom. The van der Waals surface area contributed by atoms with Gasteiger partial charge in [-0.3, -0.25) is 0 Å². The van der Waals surface area contributed by atoms with E-state index in [0.29, 0.717) is 19.0 Å². The number of rotatable bonds is 5. The average Bonchev–Trinajstić information content (AvgIpc) is 3.21. The molecule has 2 nitrogen and oxygen atoms in total. The monoisotopic (exact) mass is 255 g/mol. The van der Waals surface area contributed by atoms with Gasteiger partial charge < -0.3 is 10.4 Å². The van der Waals surface area contributed by atoms with Crippen LogP contribution in [0.25, 0.3) is 10.8 Å². The summed E-state index contributed by atoms with van der Waals surface area (Å²) in [5.74, 6) is 0. The molecule has 0 amide bonds. The highest BCUT2D eigenvalue weighted by Crippen LogP contribution is 2.24. The van der Waals surface area contributed by atoms with Crippen molar-refractivity contribution in [2.45, 2.75) is 37.8 Å². The van der Waals surface area contributed by atoms with Gasteiger partial charge in [-0.1, -0.05) is 42.5 Å². The Labute approximate surface area is 114 Å². The maximum Gasteiger partial charge on any atom is 0.0784 e. The van der Waals surface area contributed by atoms with E-state index in [1.165, 1.54) is 29.2 Å². The maximum absolute atomic E-state index is 10.5. The van der Waals surface area contributed by atoms with Crippen molar-refractivity contribution in [1.29, 1.82) is 0 Å². The molecule has 2 N–H and O–H groups in total. The highest BCUT2D eigenvalue weighted by Gasteiger charge is 2.27. The van der Waals surface area contributed by atoms with E-state index in [1.54, 1.807) is 0 Å². The van der Waals surface area contributed by atoms with Crippen molar-refractivity contribution in [2.24, 2.45) is 0 Å². The van der Waals surface area contributed by atoms with Crippen molar-refractivity contribution in [2.75, 3.05) is 6.54 Å². The molecule has 3 rings (SSSR count). The van der Waals surface area contributed by atoms with Crippen LogP contribution in [0.3, 0.4) is 0 Å². The smallest absolute Gasteiger partial charge is 0.0784 e. The van der Waals surface area contributed by atoms with Crippen molar-refractivity contribution in [1.82, 2.24) is 5.32 Å². The van der Waals surface area contributed by atoms with E-state index >= 15 is 0 Å². The van der Waals surface area contributed by atoms with E-state index in [9.17, 15) is 5.11 Å². The average molecular weight is 255 g/mol. The van der Waals surface area contributed by atoms with Crippen LogP contribution in [0.1, 0.15) is 25.3 Å². The molecule has 0 radical (unpaired) electrons. The molecule has 2 heteroatoms. The molecule has 0 saturated heterocycles. The summed E-state index contributed by atoms with van der Waals surface area (Å²) in [5.41, 5.74) is 0.535. The minimum atomic E-state index is -0.688. The second kappa shape index (κ2) is 4.95. The van der Waals surface area contributed by atoms with Crippen molar-refractivity contribution < 1.29 is 5.11 Å². The summed E-state index contributed by atoms with van der Waals surface area (Å²) in [6.07, 6.45) is 3.20.